The highest BCUT2D eigenvalue weighted by molar-refractivity contribution is 5.80. The lowest BCUT2D eigenvalue weighted by molar-refractivity contribution is 0.181. The van der Waals surface area contributed by atoms with E-state index in [1.54, 1.807) is 0 Å². The monoisotopic (exact) mass is 266 g/mol. The Bertz CT molecular complexity index is 293. The average molecular weight is 266 g/mol. The standard InChI is InChI=1S/C15H30N4/c1-3-18(4-2)10-11-19-14(12-17-15(19)16)13-8-6-5-7-9-13/h13-14H,3-12H2,1-2H3,(H2,16,17). The van der Waals surface area contributed by atoms with Crippen molar-refractivity contribution in [3.05, 3.63) is 0 Å². The zero-order chi connectivity index (χ0) is 13.7. The van der Waals surface area contributed by atoms with Crippen LogP contribution in [0.4, 0.5) is 0 Å². The molecule has 0 spiro atoms. The van der Waals surface area contributed by atoms with E-state index >= 15 is 0 Å². The van der Waals surface area contributed by atoms with Gasteiger partial charge in [0.25, 0.3) is 0 Å². The summed E-state index contributed by atoms with van der Waals surface area (Å²) >= 11 is 0. The molecule has 1 aliphatic heterocycles. The molecule has 1 fully saturated rings. The lowest BCUT2D eigenvalue weighted by Gasteiger charge is -2.35. The molecule has 0 aromatic carbocycles. The summed E-state index contributed by atoms with van der Waals surface area (Å²) in [5, 5.41) is 0. The van der Waals surface area contributed by atoms with Crippen LogP contribution in [0.25, 0.3) is 0 Å². The summed E-state index contributed by atoms with van der Waals surface area (Å²) in [6.07, 6.45) is 6.94. The van der Waals surface area contributed by atoms with Gasteiger partial charge in [0.1, 0.15) is 0 Å². The van der Waals surface area contributed by atoms with Gasteiger partial charge in [0.05, 0.1) is 12.6 Å². The third-order valence-electron chi connectivity index (χ3n) is 4.88. The van der Waals surface area contributed by atoms with Crippen molar-refractivity contribution in [3.8, 4) is 0 Å². The predicted octanol–water partition coefficient (Wildman–Crippen LogP) is 1.91. The largest absolute Gasteiger partial charge is 0.370 e. The molecular weight excluding hydrogens is 236 g/mol. The van der Waals surface area contributed by atoms with E-state index in [9.17, 15) is 0 Å². The van der Waals surface area contributed by atoms with E-state index in [2.05, 4.69) is 28.6 Å². The molecule has 2 N–H and O–H groups in total. The molecule has 2 rings (SSSR count). The SMILES string of the molecule is CCN(CC)CCN1C(N)=NCC1C1CCCCC1. The number of hydrogen-bond donors (Lipinski definition) is 1. The zero-order valence-corrected chi connectivity index (χ0v) is 12.6. The molecule has 1 unspecified atom stereocenters. The van der Waals surface area contributed by atoms with Crippen molar-refractivity contribution in [1.82, 2.24) is 9.80 Å². The molecule has 4 heteroatoms. The number of aliphatic imine (C=N–C) groups is 1. The summed E-state index contributed by atoms with van der Waals surface area (Å²) in [7, 11) is 0. The minimum atomic E-state index is 0.580. The summed E-state index contributed by atoms with van der Waals surface area (Å²) in [5.41, 5.74) is 6.10. The highest BCUT2D eigenvalue weighted by atomic mass is 15.3. The molecule has 0 bridgehead atoms. The fraction of sp³-hybridized carbons (Fsp3) is 0.933. The summed E-state index contributed by atoms with van der Waals surface area (Å²) in [6, 6.07) is 0.580. The summed E-state index contributed by atoms with van der Waals surface area (Å²) in [4.78, 5) is 9.35. The van der Waals surface area contributed by atoms with Crippen molar-refractivity contribution >= 4 is 5.96 Å². The molecule has 110 valence electrons. The van der Waals surface area contributed by atoms with Crippen LogP contribution in [0.15, 0.2) is 4.99 Å². The lowest BCUT2D eigenvalue weighted by atomic mass is 9.83. The van der Waals surface area contributed by atoms with Gasteiger partial charge in [-0.05, 0) is 31.8 Å². The van der Waals surface area contributed by atoms with Crippen LogP contribution >= 0.6 is 0 Å². The number of nitrogens with zero attached hydrogens (tertiary/aromatic N) is 3. The third-order valence-corrected chi connectivity index (χ3v) is 4.88. The second kappa shape index (κ2) is 7.13. The molecule has 0 amide bonds. The molecule has 2 aliphatic rings. The molecule has 0 radical (unpaired) electrons. The first-order chi connectivity index (χ1) is 9.26. The third kappa shape index (κ3) is 3.62. The molecule has 1 heterocycles. The molecule has 1 saturated carbocycles. The van der Waals surface area contributed by atoms with Gasteiger partial charge >= 0.3 is 0 Å². The van der Waals surface area contributed by atoms with E-state index in [1.807, 2.05) is 0 Å². The Morgan fingerprint density at radius 1 is 1.21 bits per heavy atom. The smallest absolute Gasteiger partial charge is 0.191 e. The molecule has 4 nitrogen and oxygen atoms in total. The van der Waals surface area contributed by atoms with Gasteiger partial charge in [-0.2, -0.15) is 0 Å². The van der Waals surface area contributed by atoms with Gasteiger partial charge in [-0.25, -0.2) is 0 Å². The zero-order valence-electron chi connectivity index (χ0n) is 12.6. The van der Waals surface area contributed by atoms with Crippen molar-refractivity contribution in [1.29, 1.82) is 0 Å². The Kier molecular flexibility index (Phi) is 5.49. The summed E-state index contributed by atoms with van der Waals surface area (Å²) < 4.78 is 0. The van der Waals surface area contributed by atoms with Gasteiger partial charge in [0, 0.05) is 13.1 Å². The number of nitrogens with two attached hydrogens (primary N) is 1. The van der Waals surface area contributed by atoms with Crippen LogP contribution in [0, 0.1) is 5.92 Å². The van der Waals surface area contributed by atoms with Crippen LogP contribution in [-0.2, 0) is 0 Å². The Balaban J connectivity index is 1.89. The molecule has 19 heavy (non-hydrogen) atoms. The first-order valence-electron chi connectivity index (χ1n) is 8.05. The number of likely N-dealkylation sites (N-methyl/N-ethyl adjacent to an activating group) is 1. The number of guanidine groups is 1. The van der Waals surface area contributed by atoms with E-state index in [4.69, 9.17) is 5.73 Å². The van der Waals surface area contributed by atoms with Crippen LogP contribution in [-0.4, -0.2) is 54.5 Å². The lowest BCUT2D eigenvalue weighted by Crippen LogP contribution is -2.48. The molecule has 0 aromatic heterocycles. The van der Waals surface area contributed by atoms with Crippen molar-refractivity contribution < 1.29 is 0 Å². The fourth-order valence-corrected chi connectivity index (χ4v) is 3.54. The Hall–Kier alpha value is -0.770. The quantitative estimate of drug-likeness (QED) is 0.799. The van der Waals surface area contributed by atoms with Crippen LogP contribution in [0.1, 0.15) is 46.0 Å². The highest BCUT2D eigenvalue weighted by Gasteiger charge is 2.33. The maximum absolute atomic E-state index is 6.10. The fourth-order valence-electron chi connectivity index (χ4n) is 3.54. The van der Waals surface area contributed by atoms with E-state index in [0.717, 1.165) is 44.6 Å². The van der Waals surface area contributed by atoms with Crippen LogP contribution in [0.3, 0.4) is 0 Å². The van der Waals surface area contributed by atoms with E-state index in [1.165, 1.54) is 32.1 Å². The second-order valence-corrected chi connectivity index (χ2v) is 5.88. The van der Waals surface area contributed by atoms with Gasteiger partial charge in [0.15, 0.2) is 5.96 Å². The van der Waals surface area contributed by atoms with Gasteiger partial charge < -0.3 is 15.5 Å². The number of rotatable bonds is 6. The normalized spacial score (nSPS) is 25.1. The van der Waals surface area contributed by atoms with Crippen LogP contribution in [0.2, 0.25) is 0 Å². The Morgan fingerprint density at radius 3 is 2.53 bits per heavy atom. The summed E-state index contributed by atoms with van der Waals surface area (Å²) in [6.45, 7) is 9.76. The predicted molar refractivity (Wildman–Crippen MR) is 81.3 cm³/mol. The molecule has 1 atom stereocenters. The van der Waals surface area contributed by atoms with E-state index < -0.39 is 0 Å². The maximum atomic E-state index is 6.10. The first kappa shape index (κ1) is 14.6. The van der Waals surface area contributed by atoms with Crippen molar-refractivity contribution in [2.45, 2.75) is 52.0 Å². The van der Waals surface area contributed by atoms with Gasteiger partial charge in [-0.3, -0.25) is 4.99 Å². The van der Waals surface area contributed by atoms with E-state index in [0.29, 0.717) is 6.04 Å². The van der Waals surface area contributed by atoms with Crippen molar-refractivity contribution in [3.63, 3.8) is 0 Å². The van der Waals surface area contributed by atoms with Gasteiger partial charge in [-0.15, -0.1) is 0 Å². The minimum Gasteiger partial charge on any atom is -0.370 e. The molecule has 0 saturated heterocycles. The topological polar surface area (TPSA) is 44.9 Å². The van der Waals surface area contributed by atoms with Crippen molar-refractivity contribution in [2.24, 2.45) is 16.6 Å². The highest BCUT2D eigenvalue weighted by Crippen LogP contribution is 2.30. The molecule has 1 aliphatic carbocycles. The van der Waals surface area contributed by atoms with Crippen LogP contribution < -0.4 is 5.73 Å². The van der Waals surface area contributed by atoms with Crippen molar-refractivity contribution in [2.75, 3.05) is 32.7 Å². The molecular formula is C15H30N4. The average Bonchev–Trinajstić information content (AvgIpc) is 2.82. The Labute approximate surface area is 118 Å². The number of hydrogen-bond acceptors (Lipinski definition) is 4. The summed E-state index contributed by atoms with van der Waals surface area (Å²) in [5.74, 6) is 1.60. The van der Waals surface area contributed by atoms with Gasteiger partial charge in [-0.1, -0.05) is 33.1 Å². The Morgan fingerprint density at radius 2 is 1.89 bits per heavy atom. The maximum Gasteiger partial charge on any atom is 0.191 e. The van der Waals surface area contributed by atoms with Crippen LogP contribution in [0.5, 0.6) is 0 Å². The molecule has 0 aromatic rings. The van der Waals surface area contributed by atoms with E-state index in [-0.39, 0.29) is 0 Å². The second-order valence-electron chi connectivity index (χ2n) is 5.88. The van der Waals surface area contributed by atoms with Gasteiger partial charge in [0.2, 0.25) is 0 Å². The first-order valence-corrected chi connectivity index (χ1v) is 8.05. The minimum absolute atomic E-state index is 0.580.